The number of carbonyl (C=O) groups excluding carboxylic acids is 1. The van der Waals surface area contributed by atoms with Crippen molar-refractivity contribution in [2.24, 2.45) is 0 Å². The van der Waals surface area contributed by atoms with E-state index in [2.05, 4.69) is 20.8 Å². The third-order valence-electron chi connectivity index (χ3n) is 2.48. The highest BCUT2D eigenvalue weighted by molar-refractivity contribution is 5.82. The number of amides is 2. The molecule has 0 saturated heterocycles. The minimum Gasteiger partial charge on any atom is -0.480 e. The average Bonchev–Trinajstić information content (AvgIpc) is 2.79. The van der Waals surface area contributed by atoms with Gasteiger partial charge in [0.2, 0.25) is 0 Å². The number of nitrogens with one attached hydrogen (secondary N) is 2. The zero-order valence-electron chi connectivity index (χ0n) is 10.7. The van der Waals surface area contributed by atoms with Crippen LogP contribution in [-0.2, 0) is 17.9 Å². The lowest BCUT2D eigenvalue weighted by Crippen LogP contribution is -2.51. The Bertz CT molecular complexity index is 445. The smallest absolute Gasteiger partial charge is 0.328 e. The largest absolute Gasteiger partial charge is 0.480 e. The second kappa shape index (κ2) is 6.69. The quantitative estimate of drug-likeness (QED) is 0.521. The number of hydrogen-bond donors (Lipinski definition) is 4. The molecule has 19 heavy (non-hydrogen) atoms. The number of urea groups is 1. The minimum absolute atomic E-state index is 0.117. The summed E-state index contributed by atoms with van der Waals surface area (Å²) in [6, 6.07) is -2.05. The van der Waals surface area contributed by atoms with Gasteiger partial charge in [0.25, 0.3) is 0 Å². The van der Waals surface area contributed by atoms with Crippen molar-refractivity contribution in [1.29, 1.82) is 0 Å². The number of nitrogens with zero attached hydrogens (tertiary/aromatic N) is 3. The monoisotopic (exact) mass is 271 g/mol. The van der Waals surface area contributed by atoms with Crippen molar-refractivity contribution in [3.63, 3.8) is 0 Å². The summed E-state index contributed by atoms with van der Waals surface area (Å²) in [5, 5.41) is 30.1. The fraction of sp³-hybridized carbons (Fsp3) is 0.600. The van der Waals surface area contributed by atoms with Crippen LogP contribution < -0.4 is 10.6 Å². The molecule has 2 unspecified atom stereocenters. The molecule has 0 aliphatic carbocycles. The number of rotatable bonds is 6. The zero-order valence-corrected chi connectivity index (χ0v) is 10.7. The van der Waals surface area contributed by atoms with E-state index in [1.807, 2.05) is 6.92 Å². The maximum absolute atomic E-state index is 11.5. The first-order valence-electron chi connectivity index (χ1n) is 5.77. The van der Waals surface area contributed by atoms with Gasteiger partial charge >= 0.3 is 12.0 Å². The molecule has 9 heteroatoms. The number of aliphatic carboxylic acids is 1. The fourth-order valence-corrected chi connectivity index (χ4v) is 1.42. The van der Waals surface area contributed by atoms with Crippen LogP contribution in [0.5, 0.6) is 0 Å². The van der Waals surface area contributed by atoms with Gasteiger partial charge in [0.05, 0.1) is 12.6 Å². The molecule has 0 aliphatic rings. The standard InChI is InChI=1S/C10H17N5O4/c1-3-15-5-12-14-7(15)4-11-10(19)13-8(6(2)16)9(17)18/h5-6,8,16H,3-4H2,1-2H3,(H,17,18)(H2,11,13,19). The maximum Gasteiger partial charge on any atom is 0.328 e. The van der Waals surface area contributed by atoms with Gasteiger partial charge in [0.1, 0.15) is 6.33 Å². The predicted octanol–water partition coefficient (Wildman–Crippen LogP) is -1.07. The molecule has 9 nitrogen and oxygen atoms in total. The third kappa shape index (κ3) is 4.21. The van der Waals surface area contributed by atoms with Crippen LogP contribution in [0.3, 0.4) is 0 Å². The van der Waals surface area contributed by atoms with E-state index in [1.165, 1.54) is 13.3 Å². The van der Waals surface area contributed by atoms with E-state index >= 15 is 0 Å². The second-order valence-corrected chi connectivity index (χ2v) is 3.92. The number of carboxylic acid groups (broad SMARTS) is 1. The number of aryl methyl sites for hydroxylation is 1. The summed E-state index contributed by atoms with van der Waals surface area (Å²) in [4.78, 5) is 22.3. The Labute approximate surface area is 109 Å². The van der Waals surface area contributed by atoms with Crippen molar-refractivity contribution < 1.29 is 19.8 Å². The highest BCUT2D eigenvalue weighted by Gasteiger charge is 2.24. The molecule has 2 amide bonds. The molecule has 0 saturated carbocycles. The van der Waals surface area contributed by atoms with Crippen molar-refractivity contribution in [3.8, 4) is 0 Å². The molecule has 0 bridgehead atoms. The molecular formula is C10H17N5O4. The lowest BCUT2D eigenvalue weighted by molar-refractivity contribution is -0.141. The maximum atomic E-state index is 11.5. The Morgan fingerprint density at radius 1 is 1.53 bits per heavy atom. The van der Waals surface area contributed by atoms with Gasteiger partial charge in [-0.25, -0.2) is 9.59 Å². The predicted molar refractivity (Wildman–Crippen MR) is 64.2 cm³/mol. The van der Waals surface area contributed by atoms with E-state index in [-0.39, 0.29) is 6.54 Å². The summed E-state index contributed by atoms with van der Waals surface area (Å²) in [7, 11) is 0. The summed E-state index contributed by atoms with van der Waals surface area (Å²) in [6.07, 6.45) is 0.340. The molecule has 2 atom stereocenters. The molecule has 0 aliphatic heterocycles. The minimum atomic E-state index is -1.36. The number of aromatic nitrogens is 3. The lowest BCUT2D eigenvalue weighted by Gasteiger charge is -2.17. The normalized spacial score (nSPS) is 13.6. The highest BCUT2D eigenvalue weighted by Crippen LogP contribution is 1.95. The molecule has 0 spiro atoms. The number of carboxylic acids is 1. The number of aliphatic hydroxyl groups excluding tert-OH is 1. The van der Waals surface area contributed by atoms with E-state index in [9.17, 15) is 14.7 Å². The molecule has 1 aromatic heterocycles. The lowest BCUT2D eigenvalue weighted by atomic mass is 10.2. The van der Waals surface area contributed by atoms with Crippen LogP contribution >= 0.6 is 0 Å². The molecule has 1 rings (SSSR count). The summed E-state index contributed by atoms with van der Waals surface area (Å²) < 4.78 is 1.74. The van der Waals surface area contributed by atoms with E-state index < -0.39 is 24.1 Å². The first-order valence-corrected chi connectivity index (χ1v) is 5.77. The summed E-state index contributed by atoms with van der Waals surface area (Å²) in [6.45, 7) is 3.97. The molecule has 0 aromatic carbocycles. The van der Waals surface area contributed by atoms with Gasteiger partial charge in [-0.05, 0) is 13.8 Å². The van der Waals surface area contributed by atoms with Crippen molar-refractivity contribution in [2.75, 3.05) is 0 Å². The summed E-state index contributed by atoms with van der Waals surface area (Å²) in [5.74, 6) is -0.747. The molecule has 0 fully saturated rings. The Kier molecular flexibility index (Phi) is 5.24. The fourth-order valence-electron chi connectivity index (χ4n) is 1.42. The topological polar surface area (TPSA) is 129 Å². The van der Waals surface area contributed by atoms with Gasteiger partial charge in [0, 0.05) is 6.54 Å². The van der Waals surface area contributed by atoms with E-state index in [1.54, 1.807) is 4.57 Å². The van der Waals surface area contributed by atoms with Crippen LogP contribution in [0.15, 0.2) is 6.33 Å². The Balaban J connectivity index is 2.49. The van der Waals surface area contributed by atoms with Crippen molar-refractivity contribution in [1.82, 2.24) is 25.4 Å². The summed E-state index contributed by atoms with van der Waals surface area (Å²) in [5.41, 5.74) is 0. The van der Waals surface area contributed by atoms with Crippen molar-refractivity contribution in [2.45, 2.75) is 39.1 Å². The Morgan fingerprint density at radius 2 is 2.21 bits per heavy atom. The molecule has 1 heterocycles. The average molecular weight is 271 g/mol. The van der Waals surface area contributed by atoms with E-state index in [4.69, 9.17) is 5.11 Å². The molecule has 1 aromatic rings. The molecular weight excluding hydrogens is 254 g/mol. The number of aliphatic hydroxyl groups is 1. The summed E-state index contributed by atoms with van der Waals surface area (Å²) >= 11 is 0. The van der Waals surface area contributed by atoms with Crippen LogP contribution in [0.2, 0.25) is 0 Å². The van der Waals surface area contributed by atoms with Gasteiger partial charge in [0.15, 0.2) is 11.9 Å². The molecule has 4 N–H and O–H groups in total. The zero-order chi connectivity index (χ0) is 14.4. The number of hydrogen-bond acceptors (Lipinski definition) is 5. The SMILES string of the molecule is CCn1cnnc1CNC(=O)NC(C(=O)O)C(C)O. The second-order valence-electron chi connectivity index (χ2n) is 3.92. The van der Waals surface area contributed by atoms with Crippen LogP contribution in [0.25, 0.3) is 0 Å². The first-order chi connectivity index (χ1) is 8.95. The molecule has 0 radical (unpaired) electrons. The van der Waals surface area contributed by atoms with Gasteiger partial charge in [-0.3, -0.25) is 0 Å². The highest BCUT2D eigenvalue weighted by atomic mass is 16.4. The van der Waals surface area contributed by atoms with Gasteiger partial charge < -0.3 is 25.4 Å². The van der Waals surface area contributed by atoms with Gasteiger partial charge in [-0.2, -0.15) is 0 Å². The van der Waals surface area contributed by atoms with Gasteiger partial charge in [-0.15, -0.1) is 10.2 Å². The van der Waals surface area contributed by atoms with Gasteiger partial charge in [-0.1, -0.05) is 0 Å². The van der Waals surface area contributed by atoms with Crippen LogP contribution in [-0.4, -0.2) is 49.1 Å². The molecule has 106 valence electrons. The Morgan fingerprint density at radius 3 is 2.74 bits per heavy atom. The Hall–Kier alpha value is -2.16. The first kappa shape index (κ1) is 14.9. The van der Waals surface area contributed by atoms with Crippen LogP contribution in [0, 0.1) is 0 Å². The van der Waals surface area contributed by atoms with E-state index in [0.29, 0.717) is 12.4 Å². The third-order valence-corrected chi connectivity index (χ3v) is 2.48. The van der Waals surface area contributed by atoms with E-state index in [0.717, 1.165) is 0 Å². The van der Waals surface area contributed by atoms with Crippen molar-refractivity contribution in [3.05, 3.63) is 12.2 Å². The van der Waals surface area contributed by atoms with Crippen molar-refractivity contribution >= 4 is 12.0 Å². The number of carbonyl (C=O) groups is 2. The van der Waals surface area contributed by atoms with Crippen LogP contribution in [0.4, 0.5) is 4.79 Å². The van der Waals surface area contributed by atoms with Crippen LogP contribution in [0.1, 0.15) is 19.7 Å².